The van der Waals surface area contributed by atoms with E-state index in [0.717, 1.165) is 31.5 Å². The number of aromatic hydroxyl groups is 1. The molecule has 10 nitrogen and oxygen atoms in total. The third kappa shape index (κ3) is 3.84. The number of fused-ring (bicyclic) bond motifs is 3. The largest absolute Gasteiger partial charge is 0.507 e. The van der Waals surface area contributed by atoms with Gasteiger partial charge in [0.25, 0.3) is 0 Å². The molecule has 204 valence electrons. The number of hydrogen-bond donors (Lipinski definition) is 3. The molecule has 0 aromatic heterocycles. The molecule has 4 aliphatic rings. The van der Waals surface area contributed by atoms with E-state index in [-0.39, 0.29) is 17.7 Å². The zero-order valence-corrected chi connectivity index (χ0v) is 22.0. The van der Waals surface area contributed by atoms with Gasteiger partial charge in [-0.2, -0.15) is 0 Å². The molecule has 1 aromatic rings. The zero-order chi connectivity index (χ0) is 27.7. The van der Waals surface area contributed by atoms with Crippen LogP contribution >= 0.6 is 0 Å². The van der Waals surface area contributed by atoms with Gasteiger partial charge in [-0.25, -0.2) is 0 Å². The third-order valence-corrected chi connectivity index (χ3v) is 9.31. The number of primary amides is 1. The van der Waals surface area contributed by atoms with Gasteiger partial charge in [0.15, 0.2) is 34.7 Å². The molecule has 10 heteroatoms. The first kappa shape index (κ1) is 26.6. The smallest absolute Gasteiger partial charge is 0.235 e. The summed E-state index contributed by atoms with van der Waals surface area (Å²) in [5.74, 6) is -9.49. The number of likely N-dealkylation sites (N-methyl/N-ethyl adjacent to an activating group) is 1. The first-order chi connectivity index (χ1) is 17.9. The van der Waals surface area contributed by atoms with Crippen LogP contribution in [-0.2, 0) is 32.1 Å². The van der Waals surface area contributed by atoms with Gasteiger partial charge in [-0.1, -0.05) is 13.0 Å². The molecule has 3 aliphatic carbocycles. The molecule has 38 heavy (non-hydrogen) atoms. The Bertz CT molecular complexity index is 1240. The van der Waals surface area contributed by atoms with Crippen molar-refractivity contribution in [1.29, 1.82) is 0 Å². The fraction of sp³-hybridized carbons (Fsp3) is 0.607. The van der Waals surface area contributed by atoms with Crippen molar-refractivity contribution in [2.24, 2.45) is 35.3 Å². The molecular formula is C28H35N3O7. The number of carbonyl (C=O) groups excluding carboxylic acids is 5. The number of benzene rings is 1. The first-order valence-electron chi connectivity index (χ1n) is 13.3. The van der Waals surface area contributed by atoms with Crippen LogP contribution in [0.1, 0.15) is 47.7 Å². The minimum atomic E-state index is -2.70. The number of nitrogens with two attached hydrogens (primary N) is 1. The molecule has 1 heterocycles. The van der Waals surface area contributed by atoms with Gasteiger partial charge in [0.05, 0.1) is 17.5 Å². The van der Waals surface area contributed by atoms with E-state index in [1.54, 1.807) is 14.1 Å². The van der Waals surface area contributed by atoms with E-state index in [1.165, 1.54) is 11.0 Å². The number of amides is 1. The second kappa shape index (κ2) is 9.36. The lowest BCUT2D eigenvalue weighted by Gasteiger charge is -2.52. The second-order valence-corrected chi connectivity index (χ2v) is 11.8. The highest BCUT2D eigenvalue weighted by Gasteiger charge is 2.69. The normalized spacial score (nSPS) is 34.2. The Kier molecular flexibility index (Phi) is 6.56. The average molecular weight is 526 g/mol. The topological polar surface area (TPSA) is 158 Å². The Balaban J connectivity index is 1.55. The van der Waals surface area contributed by atoms with E-state index < -0.39 is 64.4 Å². The molecule has 1 aliphatic heterocycles. The van der Waals surface area contributed by atoms with E-state index in [9.17, 15) is 34.2 Å². The maximum atomic E-state index is 13.9. The predicted octanol–water partition coefficient (Wildman–Crippen LogP) is 0.0989. The molecule has 1 amide bonds. The van der Waals surface area contributed by atoms with E-state index in [0.29, 0.717) is 24.4 Å². The molecule has 6 atom stereocenters. The highest BCUT2D eigenvalue weighted by Crippen LogP contribution is 2.51. The highest BCUT2D eigenvalue weighted by molar-refractivity contribution is 6.32. The Labute approximate surface area is 221 Å². The number of hydrogen-bond acceptors (Lipinski definition) is 9. The van der Waals surface area contributed by atoms with E-state index in [4.69, 9.17) is 5.73 Å². The summed E-state index contributed by atoms with van der Waals surface area (Å²) in [6.07, 6.45) is 2.51. The van der Waals surface area contributed by atoms with Crippen molar-refractivity contribution < 1.29 is 34.2 Å². The van der Waals surface area contributed by atoms with Crippen LogP contribution in [0.25, 0.3) is 0 Å². The fourth-order valence-corrected chi connectivity index (χ4v) is 7.28. The lowest BCUT2D eigenvalue weighted by molar-refractivity contribution is -0.181. The van der Waals surface area contributed by atoms with E-state index in [2.05, 4.69) is 11.8 Å². The molecular weight excluding hydrogens is 490 g/mol. The van der Waals surface area contributed by atoms with Crippen LogP contribution in [0.2, 0.25) is 0 Å². The summed E-state index contributed by atoms with van der Waals surface area (Å²) in [7, 11) is 3.15. The summed E-state index contributed by atoms with van der Waals surface area (Å²) in [6, 6.07) is 2.17. The van der Waals surface area contributed by atoms with Crippen LogP contribution in [-0.4, -0.2) is 87.9 Å². The number of ketones is 4. The number of carbonyl (C=O) groups is 5. The number of nitrogens with zero attached hydrogens (tertiary/aromatic N) is 2. The van der Waals surface area contributed by atoms with Crippen molar-refractivity contribution in [1.82, 2.24) is 9.80 Å². The van der Waals surface area contributed by atoms with Crippen molar-refractivity contribution in [2.45, 2.75) is 50.8 Å². The summed E-state index contributed by atoms with van der Waals surface area (Å²) >= 11 is 0. The quantitative estimate of drug-likeness (QED) is 0.464. The van der Waals surface area contributed by atoms with Gasteiger partial charge in [-0.15, -0.1) is 0 Å². The lowest BCUT2D eigenvalue weighted by Crippen LogP contribution is -2.74. The Morgan fingerprint density at radius 1 is 1.13 bits per heavy atom. The number of rotatable bonds is 4. The monoisotopic (exact) mass is 525 g/mol. The van der Waals surface area contributed by atoms with Crippen molar-refractivity contribution >= 4 is 29.0 Å². The maximum Gasteiger partial charge on any atom is 0.235 e. The summed E-state index contributed by atoms with van der Waals surface area (Å²) in [5, 5.41) is 22.3. The van der Waals surface area contributed by atoms with Crippen LogP contribution in [0.4, 0.5) is 0 Å². The molecule has 5 rings (SSSR count). The standard InChI is InChI=1S/C28H35N3O7/c1-13-6-8-31(9-7-13)12-14-4-5-18(32)20-16(14)10-15-11-17-22(30(2)3)24(34)21(27(29)37)26(36)28(17,38)25(35)19(15)23(20)33/h4-5,13,15,17,19,21-22,32,38H,6-12H2,1-3H3,(H2,29,37)/t15-,17-,19?,21?,22+,28-/m0/s1. The lowest BCUT2D eigenvalue weighted by atomic mass is 9.52. The molecule has 2 saturated carbocycles. The summed E-state index contributed by atoms with van der Waals surface area (Å²) in [4.78, 5) is 70.1. The Hall–Kier alpha value is -2.95. The number of aliphatic hydroxyl groups is 1. The third-order valence-electron chi connectivity index (χ3n) is 9.31. The molecule has 1 saturated heterocycles. The molecule has 0 spiro atoms. The summed E-state index contributed by atoms with van der Waals surface area (Å²) in [5.41, 5.74) is 4.29. The van der Waals surface area contributed by atoms with Crippen LogP contribution in [0.15, 0.2) is 12.1 Å². The minimum Gasteiger partial charge on any atom is -0.507 e. The van der Waals surface area contributed by atoms with Crippen LogP contribution in [0.5, 0.6) is 5.75 Å². The van der Waals surface area contributed by atoms with Crippen molar-refractivity contribution in [3.05, 3.63) is 28.8 Å². The van der Waals surface area contributed by atoms with Gasteiger partial charge >= 0.3 is 0 Å². The van der Waals surface area contributed by atoms with E-state index >= 15 is 0 Å². The fourth-order valence-electron chi connectivity index (χ4n) is 7.28. The van der Waals surface area contributed by atoms with Crippen LogP contribution in [0, 0.1) is 29.6 Å². The van der Waals surface area contributed by atoms with Crippen LogP contribution < -0.4 is 5.73 Å². The summed E-state index contributed by atoms with van der Waals surface area (Å²) < 4.78 is 0. The average Bonchev–Trinajstić information content (AvgIpc) is 2.84. The zero-order valence-electron chi connectivity index (χ0n) is 22.0. The number of likely N-dealkylation sites (tertiary alicyclic amines) is 1. The Morgan fingerprint density at radius 2 is 1.79 bits per heavy atom. The number of phenols is 1. The maximum absolute atomic E-state index is 13.9. The SMILES string of the molecule is CC1CCN(Cc2ccc(O)c3c2C[C@H]2C[C@H]4[C@@H](N(C)C)C(=O)C(C(N)=O)C(=O)[C@@]4(O)C(=O)C2C3=O)CC1. The van der Waals surface area contributed by atoms with E-state index in [1.807, 2.05) is 6.07 Å². The molecule has 4 N–H and O–H groups in total. The minimum absolute atomic E-state index is 0.0551. The number of phenolic OH excluding ortho intramolecular Hbond substituents is 1. The predicted molar refractivity (Wildman–Crippen MR) is 135 cm³/mol. The van der Waals surface area contributed by atoms with Crippen molar-refractivity contribution in [3.63, 3.8) is 0 Å². The first-order valence-corrected chi connectivity index (χ1v) is 13.3. The number of Topliss-reactive ketones (excluding diaryl/α,β-unsaturated/α-hetero) is 4. The molecule has 0 bridgehead atoms. The van der Waals surface area contributed by atoms with Crippen LogP contribution in [0.3, 0.4) is 0 Å². The van der Waals surface area contributed by atoms with Gasteiger partial charge in [0.2, 0.25) is 5.91 Å². The van der Waals surface area contributed by atoms with Gasteiger partial charge in [0.1, 0.15) is 5.75 Å². The van der Waals surface area contributed by atoms with Crippen molar-refractivity contribution in [3.8, 4) is 5.75 Å². The molecule has 1 aromatic carbocycles. The van der Waals surface area contributed by atoms with Gasteiger partial charge in [-0.3, -0.25) is 33.8 Å². The molecule has 3 fully saturated rings. The number of piperidine rings is 1. The van der Waals surface area contributed by atoms with Crippen molar-refractivity contribution in [2.75, 3.05) is 27.2 Å². The highest BCUT2D eigenvalue weighted by atomic mass is 16.3. The molecule has 0 radical (unpaired) electrons. The molecule has 2 unspecified atom stereocenters. The van der Waals surface area contributed by atoms with Gasteiger partial charge < -0.3 is 15.9 Å². The van der Waals surface area contributed by atoms with Gasteiger partial charge in [0, 0.05) is 12.5 Å². The van der Waals surface area contributed by atoms with Gasteiger partial charge in [-0.05, 0) is 81.9 Å². The Morgan fingerprint density at radius 3 is 2.39 bits per heavy atom. The second-order valence-electron chi connectivity index (χ2n) is 11.8. The summed E-state index contributed by atoms with van der Waals surface area (Å²) in [6.45, 7) is 4.70.